The van der Waals surface area contributed by atoms with Gasteiger partial charge in [0.2, 0.25) is 0 Å². The summed E-state index contributed by atoms with van der Waals surface area (Å²) < 4.78 is 4.83. The molecule has 0 unspecified atom stereocenters. The Hall–Kier alpha value is -1.40. The number of ether oxygens (including phenoxy) is 1. The molecule has 0 spiro atoms. The van der Waals surface area contributed by atoms with E-state index in [1.165, 1.54) is 19.4 Å². The predicted molar refractivity (Wildman–Crippen MR) is 46.0 cm³/mol. The van der Waals surface area contributed by atoms with Crippen LogP contribution in [0.1, 0.15) is 10.5 Å². The van der Waals surface area contributed by atoms with Crippen LogP contribution in [-0.4, -0.2) is 35.5 Å². The first-order valence-electron chi connectivity index (χ1n) is 3.54. The SMILES string of the molecule is COc1cc(C=O)ncc1B(O)O. The normalized spacial score (nSPS) is 9.46. The summed E-state index contributed by atoms with van der Waals surface area (Å²) in [5.41, 5.74) is 0.314. The second kappa shape index (κ2) is 4.02. The van der Waals surface area contributed by atoms with Gasteiger partial charge >= 0.3 is 7.12 Å². The van der Waals surface area contributed by atoms with Crippen LogP contribution in [0.15, 0.2) is 12.3 Å². The van der Waals surface area contributed by atoms with E-state index in [1.807, 2.05) is 0 Å². The maximum absolute atomic E-state index is 10.3. The average Bonchev–Trinajstić information content (AvgIpc) is 2.16. The van der Waals surface area contributed by atoms with Gasteiger partial charge in [0.1, 0.15) is 11.4 Å². The lowest BCUT2D eigenvalue weighted by molar-refractivity contribution is 0.111. The zero-order valence-electron chi connectivity index (χ0n) is 6.97. The highest BCUT2D eigenvalue weighted by Crippen LogP contribution is 2.06. The number of aldehydes is 1. The van der Waals surface area contributed by atoms with Gasteiger partial charge < -0.3 is 14.8 Å². The Labute approximate surface area is 75.1 Å². The summed E-state index contributed by atoms with van der Waals surface area (Å²) in [6.45, 7) is 0. The quantitative estimate of drug-likeness (QED) is 0.442. The van der Waals surface area contributed by atoms with Gasteiger partial charge in [0, 0.05) is 17.7 Å². The van der Waals surface area contributed by atoms with Crippen molar-refractivity contribution in [2.24, 2.45) is 0 Å². The molecule has 2 N–H and O–H groups in total. The third-order valence-corrected chi connectivity index (χ3v) is 1.54. The number of methoxy groups -OCH3 is 1. The van der Waals surface area contributed by atoms with Crippen molar-refractivity contribution in [2.45, 2.75) is 0 Å². The molecule has 0 aliphatic rings. The zero-order chi connectivity index (χ0) is 9.84. The van der Waals surface area contributed by atoms with Crippen molar-refractivity contribution in [1.82, 2.24) is 4.98 Å². The van der Waals surface area contributed by atoms with Crippen LogP contribution >= 0.6 is 0 Å². The molecular weight excluding hydrogens is 173 g/mol. The Morgan fingerprint density at radius 3 is 2.77 bits per heavy atom. The lowest BCUT2D eigenvalue weighted by atomic mass is 9.81. The van der Waals surface area contributed by atoms with Crippen LogP contribution in [0.2, 0.25) is 0 Å². The molecule has 1 heterocycles. The number of hydrogen-bond donors (Lipinski definition) is 2. The minimum Gasteiger partial charge on any atom is -0.497 e. The van der Waals surface area contributed by atoms with Crippen molar-refractivity contribution >= 4 is 18.9 Å². The highest BCUT2D eigenvalue weighted by atomic mass is 16.5. The summed E-state index contributed by atoms with van der Waals surface area (Å²) in [6.07, 6.45) is 1.74. The van der Waals surface area contributed by atoms with Crippen molar-refractivity contribution in [3.05, 3.63) is 18.0 Å². The van der Waals surface area contributed by atoms with E-state index in [9.17, 15) is 4.79 Å². The van der Waals surface area contributed by atoms with E-state index in [1.54, 1.807) is 0 Å². The third kappa shape index (κ3) is 2.04. The van der Waals surface area contributed by atoms with Crippen LogP contribution in [0, 0.1) is 0 Å². The number of aromatic nitrogens is 1. The number of nitrogens with zero attached hydrogens (tertiary/aromatic N) is 1. The Balaban J connectivity index is 3.15. The van der Waals surface area contributed by atoms with E-state index in [0.717, 1.165) is 0 Å². The molecule has 0 saturated heterocycles. The summed E-state index contributed by atoms with van der Waals surface area (Å²) in [5, 5.41) is 17.7. The molecule has 1 aromatic rings. The van der Waals surface area contributed by atoms with E-state index < -0.39 is 7.12 Å². The van der Waals surface area contributed by atoms with Gasteiger partial charge in [0.25, 0.3) is 0 Å². The summed E-state index contributed by atoms with van der Waals surface area (Å²) >= 11 is 0. The zero-order valence-corrected chi connectivity index (χ0v) is 6.97. The van der Waals surface area contributed by atoms with Crippen LogP contribution in [0.4, 0.5) is 0 Å². The molecule has 0 radical (unpaired) electrons. The Morgan fingerprint density at radius 1 is 1.62 bits per heavy atom. The Bertz CT molecular complexity index is 315. The molecule has 0 fully saturated rings. The topological polar surface area (TPSA) is 79.7 Å². The van der Waals surface area contributed by atoms with Crippen LogP contribution < -0.4 is 10.2 Å². The summed E-state index contributed by atoms with van der Waals surface area (Å²) in [7, 11) is -0.279. The number of carbonyl (C=O) groups excluding carboxylic acids is 1. The molecule has 5 nitrogen and oxygen atoms in total. The molecule has 6 heteroatoms. The number of pyridine rings is 1. The van der Waals surface area contributed by atoms with Gasteiger partial charge in [-0.25, -0.2) is 0 Å². The third-order valence-electron chi connectivity index (χ3n) is 1.54. The number of carbonyl (C=O) groups is 1. The predicted octanol–water partition coefficient (Wildman–Crippen LogP) is -1.42. The summed E-state index contributed by atoms with van der Waals surface area (Å²) in [6, 6.07) is 1.34. The fourth-order valence-electron chi connectivity index (χ4n) is 0.898. The van der Waals surface area contributed by atoms with Crippen LogP contribution in [0.25, 0.3) is 0 Å². The Morgan fingerprint density at radius 2 is 2.31 bits per heavy atom. The van der Waals surface area contributed by atoms with E-state index >= 15 is 0 Å². The van der Waals surface area contributed by atoms with Crippen molar-refractivity contribution in [3.8, 4) is 5.75 Å². The van der Waals surface area contributed by atoms with Gasteiger partial charge in [0.15, 0.2) is 6.29 Å². The standard InChI is InChI=1S/C7H8BNO4/c1-13-7-2-5(4-10)9-3-6(7)8(11)12/h2-4,11-12H,1H3. The summed E-state index contributed by atoms with van der Waals surface area (Å²) in [4.78, 5) is 14.0. The second-order valence-electron chi connectivity index (χ2n) is 2.34. The lowest BCUT2D eigenvalue weighted by Gasteiger charge is -2.06. The molecule has 0 aromatic carbocycles. The molecular formula is C7H8BNO4. The van der Waals surface area contributed by atoms with Crippen molar-refractivity contribution < 1.29 is 19.6 Å². The molecule has 0 aliphatic heterocycles. The van der Waals surface area contributed by atoms with Crippen LogP contribution in [0.5, 0.6) is 5.75 Å². The van der Waals surface area contributed by atoms with E-state index in [-0.39, 0.29) is 16.9 Å². The smallest absolute Gasteiger partial charge is 0.493 e. The fraction of sp³-hybridized carbons (Fsp3) is 0.143. The minimum atomic E-state index is -1.65. The molecule has 0 aliphatic carbocycles. The lowest BCUT2D eigenvalue weighted by Crippen LogP contribution is -2.31. The highest BCUT2D eigenvalue weighted by molar-refractivity contribution is 6.59. The average molecular weight is 181 g/mol. The van der Waals surface area contributed by atoms with Gasteiger partial charge in [-0.2, -0.15) is 0 Å². The van der Waals surface area contributed by atoms with Crippen molar-refractivity contribution in [2.75, 3.05) is 7.11 Å². The molecule has 0 amide bonds. The summed E-state index contributed by atoms with van der Waals surface area (Å²) in [5.74, 6) is 0.229. The molecule has 1 aromatic heterocycles. The fourth-order valence-corrected chi connectivity index (χ4v) is 0.898. The molecule has 68 valence electrons. The molecule has 0 bridgehead atoms. The van der Waals surface area contributed by atoms with E-state index in [2.05, 4.69) is 4.98 Å². The molecule has 1 rings (SSSR count). The largest absolute Gasteiger partial charge is 0.497 e. The Kier molecular flexibility index (Phi) is 3.00. The first-order valence-corrected chi connectivity index (χ1v) is 3.54. The van der Waals surface area contributed by atoms with Gasteiger partial charge in [-0.05, 0) is 0 Å². The van der Waals surface area contributed by atoms with E-state index in [0.29, 0.717) is 6.29 Å². The van der Waals surface area contributed by atoms with Crippen LogP contribution in [-0.2, 0) is 0 Å². The number of rotatable bonds is 3. The minimum absolute atomic E-state index is 0.133. The maximum atomic E-state index is 10.3. The van der Waals surface area contributed by atoms with Gasteiger partial charge in [-0.3, -0.25) is 9.78 Å². The maximum Gasteiger partial charge on any atom is 0.493 e. The highest BCUT2D eigenvalue weighted by Gasteiger charge is 2.17. The first kappa shape index (κ1) is 9.69. The van der Waals surface area contributed by atoms with Crippen LogP contribution in [0.3, 0.4) is 0 Å². The molecule has 13 heavy (non-hydrogen) atoms. The molecule has 0 saturated carbocycles. The van der Waals surface area contributed by atoms with Crippen molar-refractivity contribution in [3.63, 3.8) is 0 Å². The second-order valence-corrected chi connectivity index (χ2v) is 2.34. The van der Waals surface area contributed by atoms with Crippen molar-refractivity contribution in [1.29, 1.82) is 0 Å². The number of hydrogen-bond acceptors (Lipinski definition) is 5. The molecule has 0 atom stereocenters. The van der Waals surface area contributed by atoms with Gasteiger partial charge in [-0.15, -0.1) is 0 Å². The van der Waals surface area contributed by atoms with Gasteiger partial charge in [-0.1, -0.05) is 0 Å². The monoisotopic (exact) mass is 181 g/mol. The first-order chi connectivity index (χ1) is 6.19. The van der Waals surface area contributed by atoms with Gasteiger partial charge in [0.05, 0.1) is 7.11 Å². The van der Waals surface area contributed by atoms with E-state index in [4.69, 9.17) is 14.8 Å².